The molecule has 3 N–H and O–H groups in total. The highest BCUT2D eigenvalue weighted by atomic mass is 16.2. The van der Waals surface area contributed by atoms with Crippen LogP contribution in [0.4, 0.5) is 0 Å². The molecule has 1 aromatic carbocycles. The fourth-order valence-electron chi connectivity index (χ4n) is 3.17. The van der Waals surface area contributed by atoms with E-state index in [2.05, 4.69) is 24.9 Å². The van der Waals surface area contributed by atoms with Crippen LogP contribution in [-0.4, -0.2) is 34.9 Å². The second-order valence-electron chi connectivity index (χ2n) is 6.37. The van der Waals surface area contributed by atoms with Crippen LogP contribution >= 0.6 is 0 Å². The average molecular weight is 285 g/mol. The van der Waals surface area contributed by atoms with Crippen molar-refractivity contribution >= 4 is 16.8 Å². The number of benzene rings is 1. The van der Waals surface area contributed by atoms with Crippen LogP contribution in [0, 0.1) is 11.8 Å². The van der Waals surface area contributed by atoms with Crippen LogP contribution in [0.15, 0.2) is 30.5 Å². The number of aromatic nitrogens is 1. The summed E-state index contributed by atoms with van der Waals surface area (Å²) in [5.74, 6) is 1.21. The third-order valence-corrected chi connectivity index (χ3v) is 4.73. The van der Waals surface area contributed by atoms with Crippen molar-refractivity contribution < 1.29 is 4.79 Å². The van der Waals surface area contributed by atoms with Gasteiger partial charge >= 0.3 is 0 Å². The summed E-state index contributed by atoms with van der Waals surface area (Å²) in [5.41, 5.74) is 8.38. The highest BCUT2D eigenvalue weighted by Gasteiger charge is 2.31. The molecule has 3 rings (SSSR count). The van der Waals surface area contributed by atoms with Gasteiger partial charge in [0.1, 0.15) is 0 Å². The molecule has 0 radical (unpaired) electrons. The number of carbonyl (C=O) groups excluding carboxylic acids is 1. The molecule has 1 amide bonds. The molecule has 0 saturated carbocycles. The maximum Gasteiger partial charge on any atom is 0.239 e. The van der Waals surface area contributed by atoms with Crippen molar-refractivity contribution in [2.75, 3.05) is 13.1 Å². The van der Waals surface area contributed by atoms with Gasteiger partial charge in [-0.3, -0.25) is 4.79 Å². The van der Waals surface area contributed by atoms with Crippen molar-refractivity contribution in [1.29, 1.82) is 0 Å². The van der Waals surface area contributed by atoms with Gasteiger partial charge in [-0.05, 0) is 29.9 Å². The molecule has 4 heteroatoms. The van der Waals surface area contributed by atoms with Gasteiger partial charge in [-0.15, -0.1) is 0 Å². The average Bonchev–Trinajstić information content (AvgIpc) is 3.03. The van der Waals surface area contributed by atoms with E-state index in [0.29, 0.717) is 18.3 Å². The molecule has 0 bridgehead atoms. The zero-order valence-corrected chi connectivity index (χ0v) is 12.7. The first-order valence-corrected chi connectivity index (χ1v) is 7.65. The normalized spacial score (nSPS) is 23.7. The molecule has 1 aromatic heterocycles. The Bertz CT molecular complexity index is 638. The largest absolute Gasteiger partial charge is 0.361 e. The van der Waals surface area contributed by atoms with Gasteiger partial charge in [0.2, 0.25) is 5.91 Å². The van der Waals surface area contributed by atoms with E-state index in [1.54, 1.807) is 0 Å². The first-order valence-electron chi connectivity index (χ1n) is 7.65. The number of hydrogen-bond donors (Lipinski definition) is 2. The number of aromatic amines is 1. The standard InChI is InChI=1S/C17H23N3O/c1-11-9-20(10-12(11)2)17(21)15(18)7-13-8-19-16-6-4-3-5-14(13)16/h3-6,8,11-12,15,19H,7,9-10,18H2,1-2H3/t11?,12?,15-/m1/s1. The number of H-pyrrole nitrogens is 1. The molecule has 1 fully saturated rings. The van der Waals surface area contributed by atoms with E-state index >= 15 is 0 Å². The minimum atomic E-state index is -0.457. The maximum absolute atomic E-state index is 12.5. The monoisotopic (exact) mass is 285 g/mol. The lowest BCUT2D eigenvalue weighted by molar-refractivity contribution is -0.131. The molecule has 1 aliphatic heterocycles. The molecule has 3 atom stereocenters. The molecule has 1 aliphatic rings. The SMILES string of the molecule is CC1CN(C(=O)[C@H](N)Cc2c[nH]c3ccccc23)CC1C. The number of para-hydroxylation sites is 1. The summed E-state index contributed by atoms with van der Waals surface area (Å²) in [6, 6.07) is 7.66. The van der Waals surface area contributed by atoms with E-state index < -0.39 is 6.04 Å². The maximum atomic E-state index is 12.5. The van der Waals surface area contributed by atoms with Crippen molar-refractivity contribution in [3.63, 3.8) is 0 Å². The number of fused-ring (bicyclic) bond motifs is 1. The van der Waals surface area contributed by atoms with Crippen LogP contribution in [0.1, 0.15) is 19.4 Å². The number of nitrogens with two attached hydrogens (primary N) is 1. The van der Waals surface area contributed by atoms with E-state index in [-0.39, 0.29) is 5.91 Å². The van der Waals surface area contributed by atoms with Gasteiger partial charge in [0.25, 0.3) is 0 Å². The van der Waals surface area contributed by atoms with Crippen LogP contribution < -0.4 is 5.73 Å². The zero-order valence-electron chi connectivity index (χ0n) is 12.7. The first-order chi connectivity index (χ1) is 10.1. The quantitative estimate of drug-likeness (QED) is 0.907. The molecule has 4 nitrogen and oxygen atoms in total. The Hall–Kier alpha value is -1.81. The van der Waals surface area contributed by atoms with E-state index in [1.165, 1.54) is 0 Å². The summed E-state index contributed by atoms with van der Waals surface area (Å²) >= 11 is 0. The van der Waals surface area contributed by atoms with Crippen LogP contribution in [0.25, 0.3) is 10.9 Å². The number of hydrogen-bond acceptors (Lipinski definition) is 2. The summed E-state index contributed by atoms with van der Waals surface area (Å²) in [6.07, 6.45) is 2.55. The van der Waals surface area contributed by atoms with Gasteiger partial charge in [0.05, 0.1) is 6.04 Å². The third-order valence-electron chi connectivity index (χ3n) is 4.73. The van der Waals surface area contributed by atoms with Gasteiger partial charge in [-0.25, -0.2) is 0 Å². The molecule has 21 heavy (non-hydrogen) atoms. The molecule has 112 valence electrons. The molecule has 1 saturated heterocycles. The van der Waals surface area contributed by atoms with Gasteiger partial charge in [-0.1, -0.05) is 32.0 Å². The Morgan fingerprint density at radius 3 is 2.71 bits per heavy atom. The van der Waals surface area contributed by atoms with Gasteiger partial charge in [0.15, 0.2) is 0 Å². The molecule has 0 spiro atoms. The van der Waals surface area contributed by atoms with Crippen LogP contribution in [0.5, 0.6) is 0 Å². The van der Waals surface area contributed by atoms with Crippen molar-refractivity contribution in [2.45, 2.75) is 26.3 Å². The van der Waals surface area contributed by atoms with Gasteiger partial charge < -0.3 is 15.6 Å². The molecular formula is C17H23N3O. The second kappa shape index (κ2) is 5.53. The van der Waals surface area contributed by atoms with E-state index in [9.17, 15) is 4.79 Å². The predicted octanol–water partition coefficient (Wildman–Crippen LogP) is 2.15. The Kier molecular flexibility index (Phi) is 3.72. The number of carbonyl (C=O) groups is 1. The number of amides is 1. The Balaban J connectivity index is 1.71. The molecular weight excluding hydrogens is 262 g/mol. The third kappa shape index (κ3) is 2.68. The lowest BCUT2D eigenvalue weighted by Gasteiger charge is -2.20. The molecule has 2 unspecified atom stereocenters. The Morgan fingerprint density at radius 2 is 2.00 bits per heavy atom. The van der Waals surface area contributed by atoms with Crippen LogP contribution in [0.3, 0.4) is 0 Å². The van der Waals surface area contributed by atoms with Crippen molar-refractivity contribution in [3.8, 4) is 0 Å². The van der Waals surface area contributed by atoms with Crippen molar-refractivity contribution in [1.82, 2.24) is 9.88 Å². The molecule has 2 aromatic rings. The van der Waals surface area contributed by atoms with E-state index in [0.717, 1.165) is 29.6 Å². The van der Waals surface area contributed by atoms with E-state index in [4.69, 9.17) is 5.73 Å². The summed E-state index contributed by atoms with van der Waals surface area (Å²) in [5, 5.41) is 1.16. The molecule has 2 heterocycles. The van der Waals surface area contributed by atoms with Crippen LogP contribution in [-0.2, 0) is 11.2 Å². The van der Waals surface area contributed by atoms with E-state index in [1.807, 2.05) is 29.3 Å². The lowest BCUT2D eigenvalue weighted by atomic mass is 10.0. The summed E-state index contributed by atoms with van der Waals surface area (Å²) in [7, 11) is 0. The van der Waals surface area contributed by atoms with Crippen molar-refractivity contribution in [2.24, 2.45) is 17.6 Å². The van der Waals surface area contributed by atoms with Gasteiger partial charge in [-0.2, -0.15) is 0 Å². The minimum absolute atomic E-state index is 0.0801. The Morgan fingerprint density at radius 1 is 1.33 bits per heavy atom. The number of nitrogens with one attached hydrogen (secondary N) is 1. The molecule has 0 aliphatic carbocycles. The number of likely N-dealkylation sites (tertiary alicyclic amines) is 1. The fraction of sp³-hybridized carbons (Fsp3) is 0.471. The first kappa shape index (κ1) is 14.1. The minimum Gasteiger partial charge on any atom is -0.361 e. The second-order valence-corrected chi connectivity index (χ2v) is 6.37. The number of rotatable bonds is 3. The zero-order chi connectivity index (χ0) is 15.0. The summed E-state index contributed by atoms with van der Waals surface area (Å²) in [4.78, 5) is 17.7. The fourth-order valence-corrected chi connectivity index (χ4v) is 3.17. The summed E-state index contributed by atoms with van der Waals surface area (Å²) in [6.45, 7) is 6.06. The lowest BCUT2D eigenvalue weighted by Crippen LogP contribution is -2.44. The smallest absolute Gasteiger partial charge is 0.239 e. The van der Waals surface area contributed by atoms with Gasteiger partial charge in [0, 0.05) is 30.2 Å². The Labute approximate surface area is 125 Å². The van der Waals surface area contributed by atoms with Crippen LogP contribution in [0.2, 0.25) is 0 Å². The number of nitrogens with zero attached hydrogens (tertiary/aromatic N) is 1. The predicted molar refractivity (Wildman–Crippen MR) is 84.9 cm³/mol. The highest BCUT2D eigenvalue weighted by Crippen LogP contribution is 2.24. The highest BCUT2D eigenvalue weighted by molar-refractivity contribution is 5.86. The van der Waals surface area contributed by atoms with Crippen molar-refractivity contribution in [3.05, 3.63) is 36.0 Å². The topological polar surface area (TPSA) is 62.1 Å². The summed E-state index contributed by atoms with van der Waals surface area (Å²) < 4.78 is 0.